The van der Waals surface area contributed by atoms with Crippen LogP contribution in [0.3, 0.4) is 0 Å². The van der Waals surface area contributed by atoms with Gasteiger partial charge in [0.05, 0.1) is 21.1 Å². The highest BCUT2D eigenvalue weighted by Crippen LogP contribution is 2.36. The molecule has 2 aromatic rings. The first-order valence-electron chi connectivity index (χ1n) is 7.08. The molecule has 0 saturated carbocycles. The van der Waals surface area contributed by atoms with Crippen molar-refractivity contribution in [1.82, 2.24) is 0 Å². The number of benzene rings is 2. The monoisotopic (exact) mass is 339 g/mol. The van der Waals surface area contributed by atoms with Crippen molar-refractivity contribution in [2.45, 2.75) is 32.2 Å². The third-order valence-corrected chi connectivity index (χ3v) is 5.32. The molecule has 1 atom stereocenters. The number of aryl methyl sites for hydroxylation is 2. The van der Waals surface area contributed by atoms with Crippen LogP contribution in [0.15, 0.2) is 30.3 Å². The van der Waals surface area contributed by atoms with Crippen molar-refractivity contribution < 1.29 is 0 Å². The first-order valence-corrected chi connectivity index (χ1v) is 8.21. The Morgan fingerprint density at radius 2 is 1.71 bits per heavy atom. The summed E-state index contributed by atoms with van der Waals surface area (Å²) in [6.07, 6.45) is 3.63. The lowest BCUT2D eigenvalue weighted by Gasteiger charge is -2.18. The van der Waals surface area contributed by atoms with Crippen LogP contribution in [-0.2, 0) is 12.8 Å². The molecule has 1 nitrogen and oxygen atoms in total. The number of rotatable bonds is 3. The van der Waals surface area contributed by atoms with Gasteiger partial charge in [-0.05, 0) is 61.1 Å². The molecule has 0 fully saturated rings. The van der Waals surface area contributed by atoms with Crippen LogP contribution in [0.4, 0.5) is 5.69 Å². The zero-order chi connectivity index (χ0) is 15.0. The number of halogens is 3. The fraction of sp³-hybridized carbons (Fsp3) is 0.294. The van der Waals surface area contributed by atoms with Gasteiger partial charge in [-0.2, -0.15) is 0 Å². The highest BCUT2D eigenvalue weighted by Gasteiger charge is 2.16. The first kappa shape index (κ1) is 15.0. The lowest BCUT2D eigenvalue weighted by Crippen LogP contribution is -2.07. The zero-order valence-electron chi connectivity index (χ0n) is 11.7. The molecule has 2 aromatic carbocycles. The predicted molar refractivity (Wildman–Crippen MR) is 92.0 cm³/mol. The molecule has 3 rings (SSSR count). The fourth-order valence-corrected chi connectivity index (χ4v) is 3.57. The number of fused-ring (bicyclic) bond motifs is 1. The van der Waals surface area contributed by atoms with Gasteiger partial charge in [-0.25, -0.2) is 0 Å². The maximum atomic E-state index is 6.30. The number of hydrogen-bond donors (Lipinski definition) is 1. The molecule has 0 aliphatic heterocycles. The molecular weight excluding hydrogens is 325 g/mol. The van der Waals surface area contributed by atoms with Gasteiger partial charge in [0.2, 0.25) is 0 Å². The minimum atomic E-state index is 0.0618. The van der Waals surface area contributed by atoms with Crippen LogP contribution in [-0.4, -0.2) is 0 Å². The van der Waals surface area contributed by atoms with E-state index in [0.29, 0.717) is 15.1 Å². The Hall–Kier alpha value is -0.890. The average molecular weight is 341 g/mol. The first-order chi connectivity index (χ1) is 10.1. The molecule has 0 spiro atoms. The predicted octanol–water partition coefficient (Wildman–Crippen LogP) is 6.31. The summed E-state index contributed by atoms with van der Waals surface area (Å²) in [6.45, 7) is 2.07. The Kier molecular flexibility index (Phi) is 4.35. The minimum Gasteiger partial charge on any atom is -0.378 e. The summed E-state index contributed by atoms with van der Waals surface area (Å²) in [7, 11) is 0. The van der Waals surface area contributed by atoms with Crippen molar-refractivity contribution >= 4 is 40.5 Å². The second kappa shape index (κ2) is 6.08. The van der Waals surface area contributed by atoms with Gasteiger partial charge in [0.1, 0.15) is 0 Å². The standard InChI is InChI=1S/C17H16Cl3N/c1-10(14-7-8-15(18)17(20)16(14)19)21-13-6-5-11-3-2-4-12(11)9-13/h5-10,21H,2-4H2,1H3. The van der Waals surface area contributed by atoms with Crippen molar-refractivity contribution in [1.29, 1.82) is 0 Å². The summed E-state index contributed by atoms with van der Waals surface area (Å²) in [5, 5.41) is 4.90. The van der Waals surface area contributed by atoms with Crippen LogP contribution >= 0.6 is 34.8 Å². The summed E-state index contributed by atoms with van der Waals surface area (Å²) in [5.74, 6) is 0. The van der Waals surface area contributed by atoms with E-state index in [1.165, 1.54) is 30.4 Å². The van der Waals surface area contributed by atoms with Gasteiger partial charge in [-0.1, -0.05) is 46.9 Å². The topological polar surface area (TPSA) is 12.0 Å². The smallest absolute Gasteiger partial charge is 0.0782 e. The molecule has 0 aromatic heterocycles. The molecule has 21 heavy (non-hydrogen) atoms. The Morgan fingerprint density at radius 3 is 2.52 bits per heavy atom. The van der Waals surface area contributed by atoms with E-state index in [1.807, 2.05) is 6.07 Å². The van der Waals surface area contributed by atoms with Crippen LogP contribution in [0.1, 0.15) is 36.1 Å². The van der Waals surface area contributed by atoms with Crippen molar-refractivity contribution in [3.63, 3.8) is 0 Å². The molecule has 1 N–H and O–H groups in total. The van der Waals surface area contributed by atoms with Gasteiger partial charge < -0.3 is 5.32 Å². The van der Waals surface area contributed by atoms with Gasteiger partial charge in [0.25, 0.3) is 0 Å². The van der Waals surface area contributed by atoms with Crippen molar-refractivity contribution in [3.8, 4) is 0 Å². The van der Waals surface area contributed by atoms with Crippen LogP contribution in [0.5, 0.6) is 0 Å². The molecule has 1 aliphatic rings. The lowest BCUT2D eigenvalue weighted by atomic mass is 10.1. The summed E-state index contributed by atoms with van der Waals surface area (Å²) in [5.41, 5.74) is 4.99. The Morgan fingerprint density at radius 1 is 0.952 bits per heavy atom. The minimum absolute atomic E-state index is 0.0618. The molecule has 0 amide bonds. The lowest BCUT2D eigenvalue weighted by molar-refractivity contribution is 0.884. The van der Waals surface area contributed by atoms with E-state index in [2.05, 4.69) is 30.4 Å². The van der Waals surface area contributed by atoms with Gasteiger partial charge in [0.15, 0.2) is 0 Å². The summed E-state index contributed by atoms with van der Waals surface area (Å²) >= 11 is 18.4. The van der Waals surface area contributed by atoms with Gasteiger partial charge in [-0.15, -0.1) is 0 Å². The molecule has 0 saturated heterocycles. The van der Waals surface area contributed by atoms with E-state index in [-0.39, 0.29) is 6.04 Å². The number of nitrogens with one attached hydrogen (secondary N) is 1. The van der Waals surface area contributed by atoms with Crippen molar-refractivity contribution in [3.05, 3.63) is 62.1 Å². The zero-order valence-corrected chi connectivity index (χ0v) is 14.0. The molecular formula is C17H16Cl3N. The molecule has 4 heteroatoms. The van der Waals surface area contributed by atoms with E-state index < -0.39 is 0 Å². The second-order valence-corrected chi connectivity index (χ2v) is 6.63. The molecule has 1 aliphatic carbocycles. The van der Waals surface area contributed by atoms with Crippen LogP contribution in [0.25, 0.3) is 0 Å². The average Bonchev–Trinajstić information content (AvgIpc) is 2.92. The van der Waals surface area contributed by atoms with E-state index in [4.69, 9.17) is 34.8 Å². The van der Waals surface area contributed by atoms with Crippen LogP contribution in [0, 0.1) is 0 Å². The Labute approximate surface area is 140 Å². The quantitative estimate of drug-likeness (QED) is 0.646. The van der Waals surface area contributed by atoms with E-state index in [0.717, 1.165) is 11.3 Å². The maximum Gasteiger partial charge on any atom is 0.0782 e. The summed E-state index contributed by atoms with van der Waals surface area (Å²) < 4.78 is 0. The SMILES string of the molecule is CC(Nc1ccc2c(c1)CCC2)c1ccc(Cl)c(Cl)c1Cl. The van der Waals surface area contributed by atoms with E-state index in [1.54, 1.807) is 6.07 Å². The van der Waals surface area contributed by atoms with Crippen molar-refractivity contribution in [2.24, 2.45) is 0 Å². The Balaban J connectivity index is 1.83. The summed E-state index contributed by atoms with van der Waals surface area (Å²) in [4.78, 5) is 0. The number of anilines is 1. The van der Waals surface area contributed by atoms with Gasteiger partial charge in [-0.3, -0.25) is 0 Å². The molecule has 1 unspecified atom stereocenters. The van der Waals surface area contributed by atoms with Crippen LogP contribution < -0.4 is 5.32 Å². The van der Waals surface area contributed by atoms with Crippen LogP contribution in [0.2, 0.25) is 15.1 Å². The third kappa shape index (κ3) is 3.01. The third-order valence-electron chi connectivity index (χ3n) is 4.01. The molecule has 0 heterocycles. The maximum absolute atomic E-state index is 6.30. The fourth-order valence-electron chi connectivity index (χ4n) is 2.86. The van der Waals surface area contributed by atoms with E-state index in [9.17, 15) is 0 Å². The highest BCUT2D eigenvalue weighted by molar-refractivity contribution is 6.48. The molecule has 0 bridgehead atoms. The largest absolute Gasteiger partial charge is 0.378 e. The van der Waals surface area contributed by atoms with Crippen molar-refractivity contribution in [2.75, 3.05) is 5.32 Å². The molecule has 0 radical (unpaired) electrons. The highest BCUT2D eigenvalue weighted by atomic mass is 35.5. The van der Waals surface area contributed by atoms with Gasteiger partial charge >= 0.3 is 0 Å². The van der Waals surface area contributed by atoms with Gasteiger partial charge in [0, 0.05) is 5.69 Å². The Bertz CT molecular complexity index is 682. The van der Waals surface area contributed by atoms with E-state index >= 15 is 0 Å². The molecule has 110 valence electrons. The normalized spacial score (nSPS) is 14.9. The second-order valence-electron chi connectivity index (χ2n) is 5.47. The number of hydrogen-bond acceptors (Lipinski definition) is 1. The summed E-state index contributed by atoms with van der Waals surface area (Å²) in [6, 6.07) is 10.4.